The van der Waals surface area contributed by atoms with Crippen LogP contribution in [0.3, 0.4) is 0 Å². The fraction of sp³-hybridized carbons (Fsp3) is 0.0769. The summed E-state index contributed by atoms with van der Waals surface area (Å²) in [6.07, 6.45) is 1.37. The first-order valence-corrected chi connectivity index (χ1v) is 6.52. The highest BCUT2D eigenvalue weighted by Crippen LogP contribution is 2.41. The number of pyridine rings is 1. The van der Waals surface area contributed by atoms with Crippen LogP contribution in [0.4, 0.5) is 5.69 Å². The minimum Gasteiger partial charge on any atom is -0.495 e. The van der Waals surface area contributed by atoms with Gasteiger partial charge in [-0.05, 0) is 40.2 Å². The van der Waals surface area contributed by atoms with Crippen molar-refractivity contribution < 1.29 is 14.5 Å². The lowest BCUT2D eigenvalue weighted by molar-refractivity contribution is -0.385. The van der Waals surface area contributed by atoms with E-state index in [0.29, 0.717) is 5.75 Å². The molecule has 0 fully saturated rings. The second-order valence-electron chi connectivity index (χ2n) is 4.03. The summed E-state index contributed by atoms with van der Waals surface area (Å²) in [6, 6.07) is 5.93. The molecule has 1 aromatic carbocycles. The lowest BCUT2D eigenvalue weighted by atomic mass is 10.1. The number of aromatic nitrogens is 1. The number of primary amides is 1. The molecule has 0 saturated heterocycles. The van der Waals surface area contributed by atoms with Crippen LogP contribution in [0.1, 0.15) is 10.4 Å². The van der Waals surface area contributed by atoms with E-state index in [1.807, 2.05) is 0 Å². The van der Waals surface area contributed by atoms with Crippen LogP contribution in [0.15, 0.2) is 34.9 Å². The Morgan fingerprint density at radius 2 is 2.14 bits per heavy atom. The molecule has 0 atom stereocenters. The van der Waals surface area contributed by atoms with Crippen molar-refractivity contribution in [3.05, 3.63) is 50.6 Å². The molecule has 1 heterocycles. The molecule has 2 aromatic rings. The van der Waals surface area contributed by atoms with Crippen LogP contribution in [0.2, 0.25) is 0 Å². The molecule has 108 valence electrons. The van der Waals surface area contributed by atoms with E-state index in [2.05, 4.69) is 20.9 Å². The molecule has 1 amide bonds. The van der Waals surface area contributed by atoms with E-state index >= 15 is 0 Å². The van der Waals surface area contributed by atoms with Crippen molar-refractivity contribution in [3.63, 3.8) is 0 Å². The van der Waals surface area contributed by atoms with Crippen molar-refractivity contribution >= 4 is 27.5 Å². The number of hydrogen-bond acceptors (Lipinski definition) is 5. The molecular formula is C13H10BrN3O4. The predicted octanol–water partition coefficient (Wildman–Crippen LogP) is 2.53. The summed E-state index contributed by atoms with van der Waals surface area (Å²) < 4.78 is 5.25. The van der Waals surface area contributed by atoms with Crippen LogP contribution < -0.4 is 10.5 Å². The fourth-order valence-electron chi connectivity index (χ4n) is 1.82. The Labute approximate surface area is 128 Å². The minimum absolute atomic E-state index is 0.191. The lowest BCUT2D eigenvalue weighted by Crippen LogP contribution is -2.11. The minimum atomic E-state index is -0.631. The van der Waals surface area contributed by atoms with Gasteiger partial charge >= 0.3 is 0 Å². The Balaban J connectivity index is 2.69. The van der Waals surface area contributed by atoms with Gasteiger partial charge in [0.1, 0.15) is 10.2 Å². The van der Waals surface area contributed by atoms with Crippen molar-refractivity contribution in [3.8, 4) is 17.0 Å². The molecule has 21 heavy (non-hydrogen) atoms. The van der Waals surface area contributed by atoms with E-state index in [9.17, 15) is 14.9 Å². The van der Waals surface area contributed by atoms with Crippen LogP contribution >= 0.6 is 15.9 Å². The number of rotatable bonds is 4. The van der Waals surface area contributed by atoms with Crippen LogP contribution in [-0.2, 0) is 0 Å². The molecule has 0 saturated carbocycles. The summed E-state index contributed by atoms with van der Waals surface area (Å²) in [4.78, 5) is 26.0. The van der Waals surface area contributed by atoms with Gasteiger partial charge in [-0.25, -0.2) is 0 Å². The van der Waals surface area contributed by atoms with Gasteiger partial charge in [-0.3, -0.25) is 19.9 Å². The van der Waals surface area contributed by atoms with E-state index < -0.39 is 10.8 Å². The van der Waals surface area contributed by atoms with Crippen molar-refractivity contribution in [2.24, 2.45) is 5.73 Å². The van der Waals surface area contributed by atoms with E-state index in [1.165, 1.54) is 31.5 Å². The molecule has 2 N–H and O–H groups in total. The first-order chi connectivity index (χ1) is 9.95. The molecule has 0 bridgehead atoms. The summed E-state index contributed by atoms with van der Waals surface area (Å²) in [5, 5.41) is 11.3. The molecule has 1 aromatic heterocycles. The van der Waals surface area contributed by atoms with Crippen LogP contribution in [0, 0.1) is 10.1 Å². The van der Waals surface area contributed by atoms with Crippen molar-refractivity contribution in [1.29, 1.82) is 0 Å². The maximum Gasteiger partial charge on any atom is 0.296 e. The molecule has 2 rings (SSSR count). The molecule has 8 heteroatoms. The molecule has 0 aliphatic heterocycles. The number of nitrogens with two attached hydrogens (primary N) is 1. The third-order valence-corrected chi connectivity index (χ3v) is 3.57. The Kier molecular flexibility index (Phi) is 4.18. The second kappa shape index (κ2) is 5.88. The summed E-state index contributed by atoms with van der Waals surface area (Å²) in [7, 11) is 1.41. The number of benzene rings is 1. The highest BCUT2D eigenvalue weighted by molar-refractivity contribution is 9.10. The zero-order chi connectivity index (χ0) is 15.6. The average molecular weight is 352 g/mol. The number of nitrogens with zero attached hydrogens (tertiary/aromatic N) is 2. The maximum atomic E-state index is 11.3. The zero-order valence-electron chi connectivity index (χ0n) is 10.9. The summed E-state index contributed by atoms with van der Waals surface area (Å²) in [6.45, 7) is 0. The maximum absolute atomic E-state index is 11.3. The standard InChI is InChI=1S/C13H10BrN3O4/c1-21-10-3-2-8(12(11(10)14)17(19)20)9-6-7(13(15)18)4-5-16-9/h2-6H,1H3,(H2,15,18). The third kappa shape index (κ3) is 2.84. The Bertz CT molecular complexity index is 733. The van der Waals surface area contributed by atoms with E-state index in [4.69, 9.17) is 10.5 Å². The van der Waals surface area contributed by atoms with Gasteiger partial charge < -0.3 is 10.5 Å². The normalized spacial score (nSPS) is 10.2. The van der Waals surface area contributed by atoms with E-state index in [1.54, 1.807) is 6.07 Å². The summed E-state index contributed by atoms with van der Waals surface area (Å²) >= 11 is 3.15. The first-order valence-electron chi connectivity index (χ1n) is 5.72. The average Bonchev–Trinajstić information content (AvgIpc) is 2.46. The number of halogens is 1. The van der Waals surface area contributed by atoms with Crippen LogP contribution in [-0.4, -0.2) is 22.9 Å². The van der Waals surface area contributed by atoms with Gasteiger partial charge in [-0.1, -0.05) is 0 Å². The Morgan fingerprint density at radius 3 is 2.71 bits per heavy atom. The summed E-state index contributed by atoms with van der Waals surface area (Å²) in [5.41, 5.74) is 5.78. The van der Waals surface area contributed by atoms with E-state index in [0.717, 1.165) is 0 Å². The zero-order valence-corrected chi connectivity index (χ0v) is 12.5. The molecule has 7 nitrogen and oxygen atoms in total. The highest BCUT2D eigenvalue weighted by atomic mass is 79.9. The molecule has 0 aliphatic rings. The van der Waals surface area contributed by atoms with Gasteiger partial charge in [0.25, 0.3) is 5.69 Å². The van der Waals surface area contributed by atoms with E-state index in [-0.39, 0.29) is 27.0 Å². The van der Waals surface area contributed by atoms with Gasteiger partial charge in [-0.2, -0.15) is 0 Å². The Hall–Kier alpha value is -2.48. The number of nitro groups is 1. The van der Waals surface area contributed by atoms with Crippen LogP contribution in [0.5, 0.6) is 5.75 Å². The SMILES string of the molecule is COc1ccc(-c2cc(C(N)=O)ccn2)c([N+](=O)[O-])c1Br. The number of nitro benzene ring substituents is 1. The first kappa shape index (κ1) is 14.9. The Morgan fingerprint density at radius 1 is 1.43 bits per heavy atom. The molecule has 0 spiro atoms. The largest absolute Gasteiger partial charge is 0.495 e. The quantitative estimate of drug-likeness (QED) is 0.672. The molecule has 0 unspecified atom stereocenters. The smallest absolute Gasteiger partial charge is 0.296 e. The fourth-order valence-corrected chi connectivity index (χ4v) is 2.47. The number of methoxy groups -OCH3 is 1. The van der Waals surface area contributed by atoms with Gasteiger partial charge in [0, 0.05) is 11.8 Å². The number of amides is 1. The second-order valence-corrected chi connectivity index (χ2v) is 4.82. The van der Waals surface area contributed by atoms with Crippen LogP contribution in [0.25, 0.3) is 11.3 Å². The number of hydrogen-bond donors (Lipinski definition) is 1. The monoisotopic (exact) mass is 351 g/mol. The number of ether oxygens (including phenoxy) is 1. The number of carbonyl (C=O) groups excluding carboxylic acids is 1. The van der Waals surface area contributed by atoms with Gasteiger partial charge in [0.05, 0.1) is 23.3 Å². The summed E-state index contributed by atoms with van der Waals surface area (Å²) in [5.74, 6) is -0.301. The van der Waals surface area contributed by atoms with Crippen molar-refractivity contribution in [2.45, 2.75) is 0 Å². The van der Waals surface area contributed by atoms with Crippen molar-refractivity contribution in [2.75, 3.05) is 7.11 Å². The highest BCUT2D eigenvalue weighted by Gasteiger charge is 2.24. The predicted molar refractivity (Wildman–Crippen MR) is 79.1 cm³/mol. The molecular weight excluding hydrogens is 342 g/mol. The number of carbonyl (C=O) groups is 1. The van der Waals surface area contributed by atoms with Crippen molar-refractivity contribution in [1.82, 2.24) is 4.98 Å². The third-order valence-electron chi connectivity index (χ3n) is 2.80. The van der Waals surface area contributed by atoms with Gasteiger partial charge in [0.15, 0.2) is 0 Å². The van der Waals surface area contributed by atoms with Gasteiger partial charge in [-0.15, -0.1) is 0 Å². The molecule has 0 radical (unpaired) electrons. The lowest BCUT2D eigenvalue weighted by Gasteiger charge is -2.08. The van der Waals surface area contributed by atoms with Gasteiger partial charge in [0.2, 0.25) is 5.91 Å². The molecule has 0 aliphatic carbocycles. The topological polar surface area (TPSA) is 108 Å².